The number of ether oxygens (including phenoxy) is 1. The Morgan fingerprint density at radius 2 is 1.93 bits per heavy atom. The van der Waals surface area contributed by atoms with Crippen molar-refractivity contribution in [1.29, 1.82) is 0 Å². The van der Waals surface area contributed by atoms with Gasteiger partial charge in [-0.3, -0.25) is 0 Å². The molecule has 0 aromatic heterocycles. The predicted octanol–water partition coefficient (Wildman–Crippen LogP) is 4.16. The summed E-state index contributed by atoms with van der Waals surface area (Å²) in [4.78, 5) is 0. The average Bonchev–Trinajstić information content (AvgIpc) is 2.17. The maximum absolute atomic E-state index is 5.73. The molecule has 1 nitrogen and oxygen atoms in total. The minimum absolute atomic E-state index is 0.507. The molecule has 0 radical (unpaired) electrons. The van der Waals surface area contributed by atoms with Crippen molar-refractivity contribution in [3.05, 3.63) is 41.5 Å². The molecule has 1 heteroatoms. The molecule has 0 atom stereocenters. The van der Waals surface area contributed by atoms with E-state index in [1.807, 2.05) is 12.1 Å². The fourth-order valence-electron chi connectivity index (χ4n) is 1.39. The van der Waals surface area contributed by atoms with E-state index in [4.69, 9.17) is 4.74 Å². The summed E-state index contributed by atoms with van der Waals surface area (Å²) in [5.41, 5.74) is 2.57. The summed E-state index contributed by atoms with van der Waals surface area (Å²) in [5.74, 6) is 1.51. The van der Waals surface area contributed by atoms with Gasteiger partial charge in [0.25, 0.3) is 0 Å². The van der Waals surface area contributed by atoms with Crippen LogP contribution in [0.3, 0.4) is 0 Å². The molecule has 0 bridgehead atoms. The van der Waals surface area contributed by atoms with Crippen LogP contribution in [0.4, 0.5) is 0 Å². The Kier molecular flexibility index (Phi) is 4.41. The summed E-state index contributed by atoms with van der Waals surface area (Å²) in [6, 6.07) is 8.24. The van der Waals surface area contributed by atoms with E-state index in [0.29, 0.717) is 12.5 Å². The van der Waals surface area contributed by atoms with Gasteiger partial charge in [-0.2, -0.15) is 0 Å². The molecule has 15 heavy (non-hydrogen) atoms. The molecule has 1 aromatic carbocycles. The molecule has 0 aliphatic heterocycles. The van der Waals surface area contributed by atoms with E-state index in [9.17, 15) is 0 Å². The zero-order chi connectivity index (χ0) is 11.3. The normalized spacial score (nSPS) is 10.2. The Morgan fingerprint density at radius 1 is 1.27 bits per heavy atom. The molecule has 0 spiro atoms. The van der Waals surface area contributed by atoms with Crippen molar-refractivity contribution in [3.63, 3.8) is 0 Å². The second-order valence-corrected chi connectivity index (χ2v) is 4.29. The Labute approximate surface area is 92.8 Å². The predicted molar refractivity (Wildman–Crippen MR) is 65.5 cm³/mol. The van der Waals surface area contributed by atoms with Crippen molar-refractivity contribution in [2.75, 3.05) is 6.61 Å². The van der Waals surface area contributed by atoms with Crippen molar-refractivity contribution in [3.8, 4) is 5.75 Å². The number of hydrogen-bond donors (Lipinski definition) is 0. The lowest BCUT2D eigenvalue weighted by molar-refractivity contribution is 0.356. The molecule has 0 amide bonds. The number of hydrogen-bond acceptors (Lipinski definition) is 1. The van der Waals surface area contributed by atoms with Gasteiger partial charge in [-0.1, -0.05) is 37.6 Å². The molecular weight excluding hydrogens is 184 g/mol. The molecular formula is C14H20O. The summed E-state index contributed by atoms with van der Waals surface area (Å²) in [5, 5.41) is 0. The number of allylic oxidation sites excluding steroid dienone is 1. The number of rotatable bonds is 4. The maximum atomic E-state index is 5.73. The van der Waals surface area contributed by atoms with Crippen LogP contribution in [-0.4, -0.2) is 6.61 Å². The van der Waals surface area contributed by atoms with Crippen molar-refractivity contribution in [2.45, 2.75) is 33.6 Å². The lowest BCUT2D eigenvalue weighted by Crippen LogP contribution is -1.99. The van der Waals surface area contributed by atoms with Crippen molar-refractivity contribution >= 4 is 0 Å². The highest BCUT2D eigenvalue weighted by Gasteiger charge is 2.05. The quantitative estimate of drug-likeness (QED) is 0.669. The zero-order valence-electron chi connectivity index (χ0n) is 10.1. The Bertz CT molecular complexity index is 333. The van der Waals surface area contributed by atoms with Gasteiger partial charge in [0.05, 0.1) is 0 Å². The summed E-state index contributed by atoms with van der Waals surface area (Å²) in [7, 11) is 0. The van der Waals surface area contributed by atoms with Gasteiger partial charge in [-0.15, -0.1) is 0 Å². The lowest BCUT2D eigenvalue weighted by Gasteiger charge is -2.12. The van der Waals surface area contributed by atoms with Crippen molar-refractivity contribution < 1.29 is 4.74 Å². The molecule has 0 unspecified atom stereocenters. The maximum Gasteiger partial charge on any atom is 0.123 e. The Hall–Kier alpha value is -1.24. The van der Waals surface area contributed by atoms with Crippen LogP contribution < -0.4 is 4.74 Å². The van der Waals surface area contributed by atoms with Crippen LogP contribution in [0.5, 0.6) is 5.75 Å². The summed E-state index contributed by atoms with van der Waals surface area (Å²) < 4.78 is 5.73. The molecule has 0 fully saturated rings. The molecule has 1 aromatic rings. The van der Waals surface area contributed by atoms with Crippen LogP contribution in [0.15, 0.2) is 35.9 Å². The molecule has 82 valence electrons. The van der Waals surface area contributed by atoms with Crippen LogP contribution in [-0.2, 0) is 0 Å². The lowest BCUT2D eigenvalue weighted by atomic mass is 10.0. The minimum Gasteiger partial charge on any atom is -0.489 e. The van der Waals surface area contributed by atoms with Gasteiger partial charge in [-0.05, 0) is 37.5 Å². The van der Waals surface area contributed by atoms with Crippen LogP contribution in [0.1, 0.15) is 39.2 Å². The van der Waals surface area contributed by atoms with E-state index in [0.717, 1.165) is 5.75 Å². The SMILES string of the molecule is CC(C)=CCOc1ccccc1C(C)C. The van der Waals surface area contributed by atoms with Crippen LogP contribution >= 0.6 is 0 Å². The van der Waals surface area contributed by atoms with E-state index in [-0.39, 0.29) is 0 Å². The van der Waals surface area contributed by atoms with Gasteiger partial charge >= 0.3 is 0 Å². The van der Waals surface area contributed by atoms with Gasteiger partial charge in [0.2, 0.25) is 0 Å². The molecule has 0 heterocycles. The second kappa shape index (κ2) is 5.59. The first-order valence-electron chi connectivity index (χ1n) is 5.46. The van der Waals surface area contributed by atoms with Gasteiger partial charge in [0, 0.05) is 0 Å². The molecule has 0 aliphatic carbocycles. The highest BCUT2D eigenvalue weighted by atomic mass is 16.5. The highest BCUT2D eigenvalue weighted by molar-refractivity contribution is 5.35. The first-order valence-corrected chi connectivity index (χ1v) is 5.46. The van der Waals surface area contributed by atoms with E-state index < -0.39 is 0 Å². The molecule has 0 N–H and O–H groups in total. The van der Waals surface area contributed by atoms with Gasteiger partial charge in [-0.25, -0.2) is 0 Å². The van der Waals surface area contributed by atoms with E-state index in [2.05, 4.69) is 45.9 Å². The van der Waals surface area contributed by atoms with Crippen molar-refractivity contribution in [1.82, 2.24) is 0 Å². The largest absolute Gasteiger partial charge is 0.489 e. The first-order chi connectivity index (χ1) is 7.11. The molecule has 0 saturated heterocycles. The molecule has 1 rings (SSSR count). The van der Waals surface area contributed by atoms with Gasteiger partial charge < -0.3 is 4.74 Å². The molecule has 0 aliphatic rings. The third-order valence-electron chi connectivity index (χ3n) is 2.27. The highest BCUT2D eigenvalue weighted by Crippen LogP contribution is 2.25. The number of para-hydroxylation sites is 1. The third-order valence-corrected chi connectivity index (χ3v) is 2.27. The topological polar surface area (TPSA) is 9.23 Å². The monoisotopic (exact) mass is 204 g/mol. The van der Waals surface area contributed by atoms with Gasteiger partial charge in [0.15, 0.2) is 0 Å². The third kappa shape index (κ3) is 3.78. The first kappa shape index (κ1) is 11.8. The Morgan fingerprint density at radius 3 is 2.53 bits per heavy atom. The summed E-state index contributed by atoms with van der Waals surface area (Å²) in [6.07, 6.45) is 2.09. The molecule has 0 saturated carbocycles. The summed E-state index contributed by atoms with van der Waals surface area (Å²) in [6.45, 7) is 9.19. The standard InChI is InChI=1S/C14H20O/c1-11(2)9-10-15-14-8-6-5-7-13(14)12(3)4/h5-9,12H,10H2,1-4H3. The van der Waals surface area contributed by atoms with E-state index in [1.165, 1.54) is 11.1 Å². The fraction of sp³-hybridized carbons (Fsp3) is 0.429. The van der Waals surface area contributed by atoms with Crippen LogP contribution in [0, 0.1) is 0 Å². The van der Waals surface area contributed by atoms with E-state index >= 15 is 0 Å². The number of benzene rings is 1. The van der Waals surface area contributed by atoms with E-state index in [1.54, 1.807) is 0 Å². The zero-order valence-corrected chi connectivity index (χ0v) is 10.1. The van der Waals surface area contributed by atoms with Crippen LogP contribution in [0.25, 0.3) is 0 Å². The fourth-order valence-corrected chi connectivity index (χ4v) is 1.39. The van der Waals surface area contributed by atoms with Crippen LogP contribution in [0.2, 0.25) is 0 Å². The summed E-state index contributed by atoms with van der Waals surface area (Å²) >= 11 is 0. The second-order valence-electron chi connectivity index (χ2n) is 4.29. The minimum atomic E-state index is 0.507. The Balaban J connectivity index is 2.72. The van der Waals surface area contributed by atoms with Crippen molar-refractivity contribution in [2.24, 2.45) is 0 Å². The average molecular weight is 204 g/mol. The van der Waals surface area contributed by atoms with Gasteiger partial charge in [0.1, 0.15) is 12.4 Å². The smallest absolute Gasteiger partial charge is 0.123 e.